The molecule has 1 aliphatic rings. The number of halogens is 5. The highest BCUT2D eigenvalue weighted by molar-refractivity contribution is 7.85. The van der Waals surface area contributed by atoms with Crippen molar-refractivity contribution in [3.05, 3.63) is 62.6 Å². The zero-order valence-electron chi connectivity index (χ0n) is 18.1. The number of benzene rings is 2. The van der Waals surface area contributed by atoms with Crippen LogP contribution in [0, 0.1) is 0 Å². The molecule has 0 aromatic heterocycles. The van der Waals surface area contributed by atoms with Gasteiger partial charge in [0.05, 0.1) is 16.4 Å². The Kier molecular flexibility index (Phi) is 8.83. The summed E-state index contributed by atoms with van der Waals surface area (Å²) in [5.74, 6) is -0.328. The first kappa shape index (κ1) is 26.0. The molecule has 2 aromatic rings. The number of likely N-dealkylation sites (tertiary alicyclic amines) is 1. The lowest BCUT2D eigenvalue weighted by Crippen LogP contribution is -2.30. The van der Waals surface area contributed by atoms with E-state index in [2.05, 4.69) is 5.32 Å². The molecule has 1 fully saturated rings. The van der Waals surface area contributed by atoms with Gasteiger partial charge in [-0.3, -0.25) is 13.9 Å². The quantitative estimate of drug-likeness (QED) is 0.482. The number of alkyl halides is 3. The molecule has 1 amide bonds. The molecule has 0 saturated carbocycles. The van der Waals surface area contributed by atoms with E-state index in [9.17, 15) is 22.2 Å². The van der Waals surface area contributed by atoms with Crippen LogP contribution in [0.2, 0.25) is 10.0 Å². The third-order valence-corrected chi connectivity index (χ3v) is 7.55. The van der Waals surface area contributed by atoms with Gasteiger partial charge in [-0.15, -0.1) is 0 Å². The molecule has 2 aromatic carbocycles. The van der Waals surface area contributed by atoms with Gasteiger partial charge in [0.25, 0.3) is 5.91 Å². The topological polar surface area (TPSA) is 49.4 Å². The fourth-order valence-electron chi connectivity index (χ4n) is 3.86. The first-order valence-corrected chi connectivity index (χ1v) is 12.7. The number of carbonyl (C=O) groups is 1. The minimum absolute atomic E-state index is 0.0157. The fraction of sp³-hybridized carbons (Fsp3) is 0.435. The van der Waals surface area contributed by atoms with Crippen LogP contribution < -0.4 is 5.32 Å². The van der Waals surface area contributed by atoms with E-state index in [1.54, 1.807) is 25.1 Å². The van der Waals surface area contributed by atoms with E-state index in [1.165, 1.54) is 6.07 Å². The van der Waals surface area contributed by atoms with Crippen molar-refractivity contribution < 1.29 is 22.2 Å². The molecule has 33 heavy (non-hydrogen) atoms. The number of amides is 1. The molecular formula is C23H25Cl2F3N2O2S. The summed E-state index contributed by atoms with van der Waals surface area (Å²) in [4.78, 5) is 15.2. The summed E-state index contributed by atoms with van der Waals surface area (Å²) in [7, 11) is -1.28. The number of rotatable bonds is 7. The molecule has 0 spiro atoms. The van der Waals surface area contributed by atoms with Gasteiger partial charge in [0, 0.05) is 39.3 Å². The highest BCUT2D eigenvalue weighted by atomic mass is 35.5. The second-order valence-corrected chi connectivity index (χ2v) is 10.4. The number of hydrogen-bond donors (Lipinski definition) is 1. The summed E-state index contributed by atoms with van der Waals surface area (Å²) in [6.45, 7) is 3.26. The van der Waals surface area contributed by atoms with Gasteiger partial charge < -0.3 is 5.32 Å². The van der Waals surface area contributed by atoms with Crippen LogP contribution in [0.15, 0.2) is 35.2 Å². The predicted molar refractivity (Wildman–Crippen MR) is 125 cm³/mol. The first-order chi connectivity index (χ1) is 15.6. The van der Waals surface area contributed by atoms with Crippen LogP contribution in [-0.4, -0.2) is 33.9 Å². The molecular weight excluding hydrogens is 496 g/mol. The van der Waals surface area contributed by atoms with E-state index >= 15 is 0 Å². The van der Waals surface area contributed by atoms with Crippen LogP contribution in [0.25, 0.3) is 0 Å². The Morgan fingerprint density at radius 3 is 2.45 bits per heavy atom. The normalized spacial score (nSPS) is 15.9. The molecule has 1 heterocycles. The Hall–Kier alpha value is -1.61. The van der Waals surface area contributed by atoms with Crippen molar-refractivity contribution in [1.82, 2.24) is 10.2 Å². The Morgan fingerprint density at radius 1 is 1.12 bits per heavy atom. The van der Waals surface area contributed by atoms with Crippen LogP contribution in [0.5, 0.6) is 0 Å². The Balaban J connectivity index is 1.84. The SMILES string of the molecule is CCS(=O)c1ccc(Cl)cc1CNC(=O)c1cc(Cl)c(CN2CCCCC2)c(C(F)(F)F)c1. The number of hydrogen-bond acceptors (Lipinski definition) is 3. The second kappa shape index (κ2) is 11.2. The molecule has 1 atom stereocenters. The lowest BCUT2D eigenvalue weighted by Gasteiger charge is -2.28. The molecule has 1 saturated heterocycles. The average molecular weight is 521 g/mol. The lowest BCUT2D eigenvalue weighted by molar-refractivity contribution is -0.138. The van der Waals surface area contributed by atoms with Crippen LogP contribution in [0.1, 0.15) is 53.2 Å². The molecule has 1 N–H and O–H groups in total. The van der Waals surface area contributed by atoms with Crippen molar-refractivity contribution in [2.24, 2.45) is 0 Å². The van der Waals surface area contributed by atoms with Crippen molar-refractivity contribution in [3.63, 3.8) is 0 Å². The van der Waals surface area contributed by atoms with Crippen molar-refractivity contribution in [2.75, 3.05) is 18.8 Å². The highest BCUT2D eigenvalue weighted by Gasteiger charge is 2.36. The third-order valence-electron chi connectivity index (χ3n) is 5.56. The lowest BCUT2D eigenvalue weighted by atomic mass is 10.0. The van der Waals surface area contributed by atoms with E-state index in [-0.39, 0.29) is 29.2 Å². The van der Waals surface area contributed by atoms with Crippen LogP contribution >= 0.6 is 23.2 Å². The largest absolute Gasteiger partial charge is 0.416 e. The monoisotopic (exact) mass is 520 g/mol. The second-order valence-electron chi connectivity index (χ2n) is 7.89. The number of carbonyl (C=O) groups excluding carboxylic acids is 1. The Bertz CT molecular complexity index is 1040. The number of nitrogens with one attached hydrogen (secondary N) is 1. The van der Waals surface area contributed by atoms with Gasteiger partial charge in [-0.05, 0) is 67.4 Å². The van der Waals surface area contributed by atoms with E-state index in [4.69, 9.17) is 23.2 Å². The molecule has 3 rings (SSSR count). The minimum atomic E-state index is -4.65. The highest BCUT2D eigenvalue weighted by Crippen LogP contribution is 2.37. The third kappa shape index (κ3) is 6.72. The van der Waals surface area contributed by atoms with Gasteiger partial charge in [-0.2, -0.15) is 13.2 Å². The zero-order valence-corrected chi connectivity index (χ0v) is 20.4. The van der Waals surface area contributed by atoms with Crippen molar-refractivity contribution in [1.29, 1.82) is 0 Å². The zero-order chi connectivity index (χ0) is 24.2. The summed E-state index contributed by atoms with van der Waals surface area (Å²) >= 11 is 12.3. The molecule has 4 nitrogen and oxygen atoms in total. The van der Waals surface area contributed by atoms with Gasteiger partial charge in [0.1, 0.15) is 0 Å². The molecule has 1 aliphatic heterocycles. The average Bonchev–Trinajstić information content (AvgIpc) is 2.78. The summed E-state index contributed by atoms with van der Waals surface area (Å²) in [5.41, 5.74) is -0.561. The van der Waals surface area contributed by atoms with Gasteiger partial charge in [0.15, 0.2) is 0 Å². The van der Waals surface area contributed by atoms with Crippen molar-refractivity contribution in [3.8, 4) is 0 Å². The maximum Gasteiger partial charge on any atom is 0.416 e. The summed E-state index contributed by atoms with van der Waals surface area (Å²) in [6.07, 6.45) is -1.71. The minimum Gasteiger partial charge on any atom is -0.348 e. The molecule has 10 heteroatoms. The number of nitrogens with zero attached hydrogens (tertiary/aromatic N) is 1. The smallest absolute Gasteiger partial charge is 0.348 e. The molecule has 0 bridgehead atoms. The fourth-order valence-corrected chi connectivity index (χ4v) is 5.29. The van der Waals surface area contributed by atoms with Crippen LogP contribution in [0.3, 0.4) is 0 Å². The summed E-state index contributed by atoms with van der Waals surface area (Å²) in [6, 6.07) is 6.93. The summed E-state index contributed by atoms with van der Waals surface area (Å²) < 4.78 is 53.8. The molecule has 0 aliphatic carbocycles. The van der Waals surface area contributed by atoms with Crippen LogP contribution in [0.4, 0.5) is 13.2 Å². The first-order valence-electron chi connectivity index (χ1n) is 10.7. The maximum atomic E-state index is 13.8. The van der Waals surface area contributed by atoms with E-state index in [1.807, 2.05) is 4.90 Å². The van der Waals surface area contributed by atoms with Gasteiger partial charge in [-0.25, -0.2) is 0 Å². The van der Waals surface area contributed by atoms with Gasteiger partial charge >= 0.3 is 6.18 Å². The van der Waals surface area contributed by atoms with Gasteiger partial charge in [0.2, 0.25) is 0 Å². The Morgan fingerprint density at radius 2 is 1.82 bits per heavy atom. The Labute approximate surface area is 203 Å². The standard InChI is InChI=1S/C23H25Cl2F3N2O2S/c1-2-33(32)21-7-6-17(24)10-16(21)13-29-22(31)15-11-19(23(26,27)28)18(20(25)12-15)14-30-8-4-3-5-9-30/h6-7,10-12H,2-5,8-9,13-14H2,1H3,(H,29,31). The summed E-state index contributed by atoms with van der Waals surface area (Å²) in [5, 5.41) is 2.92. The maximum absolute atomic E-state index is 13.8. The molecule has 1 unspecified atom stereocenters. The number of piperidine rings is 1. The van der Waals surface area contributed by atoms with Crippen molar-refractivity contribution >= 4 is 39.9 Å². The van der Waals surface area contributed by atoms with Crippen molar-refractivity contribution in [2.45, 2.75) is 50.3 Å². The van der Waals surface area contributed by atoms with Crippen LogP contribution in [-0.2, 0) is 30.1 Å². The van der Waals surface area contributed by atoms with E-state index in [0.29, 0.717) is 21.2 Å². The van der Waals surface area contributed by atoms with Gasteiger partial charge in [-0.1, -0.05) is 36.5 Å². The molecule has 180 valence electrons. The molecule has 0 radical (unpaired) electrons. The van der Waals surface area contributed by atoms with E-state index < -0.39 is 28.4 Å². The van der Waals surface area contributed by atoms with E-state index in [0.717, 1.165) is 38.4 Å². The predicted octanol–water partition coefficient (Wildman–Crippen LogP) is 6.06.